The highest BCUT2D eigenvalue weighted by Gasteiger charge is 2.30. The van der Waals surface area contributed by atoms with Gasteiger partial charge in [0.2, 0.25) is 0 Å². The van der Waals surface area contributed by atoms with E-state index in [0.29, 0.717) is 22.2 Å². The van der Waals surface area contributed by atoms with E-state index in [-0.39, 0.29) is 6.54 Å². The summed E-state index contributed by atoms with van der Waals surface area (Å²) in [6, 6.07) is 12.4. The molecule has 2 aromatic carbocycles. The SMILES string of the molecule is Cc1ccccc1-n1ncc2c(C)nn(Cc3cccc(C(F)(F)F)c3)c(=O)c21. The van der Waals surface area contributed by atoms with E-state index in [4.69, 9.17) is 0 Å². The lowest BCUT2D eigenvalue weighted by Crippen LogP contribution is -2.26. The number of aryl methyl sites for hydroxylation is 2. The van der Waals surface area contributed by atoms with Crippen LogP contribution in [0.3, 0.4) is 0 Å². The number of aromatic nitrogens is 4. The molecule has 4 aromatic rings. The van der Waals surface area contributed by atoms with E-state index in [2.05, 4.69) is 10.2 Å². The Bertz CT molecular complexity index is 1270. The number of rotatable bonds is 3. The molecule has 0 fully saturated rings. The topological polar surface area (TPSA) is 52.7 Å². The number of hydrogen-bond donors (Lipinski definition) is 0. The summed E-state index contributed by atoms with van der Waals surface area (Å²) in [5.74, 6) is 0. The van der Waals surface area contributed by atoms with Crippen LogP contribution in [0.25, 0.3) is 16.6 Å². The van der Waals surface area contributed by atoms with Gasteiger partial charge in [-0.2, -0.15) is 23.4 Å². The normalized spacial score (nSPS) is 11.9. The van der Waals surface area contributed by atoms with E-state index in [9.17, 15) is 18.0 Å². The van der Waals surface area contributed by atoms with Crippen LogP contribution in [-0.2, 0) is 12.7 Å². The van der Waals surface area contributed by atoms with Crippen molar-refractivity contribution in [1.29, 1.82) is 0 Å². The average molecular weight is 398 g/mol. The molecule has 0 aliphatic rings. The zero-order valence-corrected chi connectivity index (χ0v) is 15.7. The van der Waals surface area contributed by atoms with E-state index in [1.165, 1.54) is 10.7 Å². The number of fused-ring (bicyclic) bond motifs is 1. The summed E-state index contributed by atoms with van der Waals surface area (Å²) in [4.78, 5) is 13.2. The number of para-hydroxylation sites is 1. The number of halogens is 3. The minimum Gasteiger partial charge on any atom is -0.265 e. The third kappa shape index (κ3) is 3.41. The maximum atomic E-state index is 13.2. The molecule has 0 saturated heterocycles. The Morgan fingerprint density at radius 2 is 1.79 bits per heavy atom. The lowest BCUT2D eigenvalue weighted by Gasteiger charge is -2.11. The van der Waals surface area contributed by atoms with E-state index < -0.39 is 17.3 Å². The summed E-state index contributed by atoms with van der Waals surface area (Å²) < 4.78 is 41.7. The summed E-state index contributed by atoms with van der Waals surface area (Å²) in [7, 11) is 0. The maximum absolute atomic E-state index is 13.2. The maximum Gasteiger partial charge on any atom is 0.416 e. The highest BCUT2D eigenvalue weighted by atomic mass is 19.4. The van der Waals surface area contributed by atoms with Gasteiger partial charge < -0.3 is 0 Å². The molecule has 0 amide bonds. The van der Waals surface area contributed by atoms with Crippen LogP contribution in [0.2, 0.25) is 0 Å². The predicted molar refractivity (Wildman–Crippen MR) is 103 cm³/mol. The molecule has 4 rings (SSSR count). The Balaban J connectivity index is 1.85. The first-order chi connectivity index (χ1) is 13.8. The van der Waals surface area contributed by atoms with Gasteiger partial charge in [-0.1, -0.05) is 30.3 Å². The standard InChI is InChI=1S/C21H17F3N4O/c1-13-6-3-4-9-18(13)28-19-17(11-25-28)14(2)26-27(20(19)29)12-15-7-5-8-16(10-15)21(22,23)24/h3-11H,12H2,1-2H3. The molecule has 0 unspecified atom stereocenters. The third-order valence-corrected chi connectivity index (χ3v) is 4.80. The Morgan fingerprint density at radius 1 is 1.03 bits per heavy atom. The zero-order chi connectivity index (χ0) is 20.8. The highest BCUT2D eigenvalue weighted by molar-refractivity contribution is 5.81. The van der Waals surface area contributed by atoms with Crippen LogP contribution < -0.4 is 5.56 Å². The van der Waals surface area contributed by atoms with Crippen molar-refractivity contribution in [3.63, 3.8) is 0 Å². The molecule has 0 N–H and O–H groups in total. The van der Waals surface area contributed by atoms with Gasteiger partial charge in [0.05, 0.1) is 29.7 Å². The van der Waals surface area contributed by atoms with Gasteiger partial charge in [0.1, 0.15) is 5.52 Å². The number of benzene rings is 2. The van der Waals surface area contributed by atoms with Gasteiger partial charge in [-0.15, -0.1) is 0 Å². The van der Waals surface area contributed by atoms with Crippen molar-refractivity contribution in [1.82, 2.24) is 19.6 Å². The highest BCUT2D eigenvalue weighted by Crippen LogP contribution is 2.29. The first-order valence-electron chi connectivity index (χ1n) is 8.93. The quantitative estimate of drug-likeness (QED) is 0.518. The molecule has 0 aliphatic heterocycles. The lowest BCUT2D eigenvalue weighted by molar-refractivity contribution is -0.137. The van der Waals surface area contributed by atoms with Crippen LogP contribution in [-0.4, -0.2) is 19.6 Å². The summed E-state index contributed by atoms with van der Waals surface area (Å²) >= 11 is 0. The van der Waals surface area contributed by atoms with Crippen molar-refractivity contribution in [2.75, 3.05) is 0 Å². The fraction of sp³-hybridized carbons (Fsp3) is 0.190. The molecule has 0 atom stereocenters. The monoisotopic (exact) mass is 398 g/mol. The van der Waals surface area contributed by atoms with Gasteiger partial charge in [0, 0.05) is 5.39 Å². The molecular formula is C21H17F3N4O. The summed E-state index contributed by atoms with van der Waals surface area (Å²) in [6.45, 7) is 3.59. The Labute approximate surface area is 164 Å². The van der Waals surface area contributed by atoms with Crippen molar-refractivity contribution >= 4 is 10.9 Å². The smallest absolute Gasteiger partial charge is 0.265 e. The molecule has 2 aromatic heterocycles. The van der Waals surface area contributed by atoms with E-state index >= 15 is 0 Å². The average Bonchev–Trinajstić information content (AvgIpc) is 3.11. The van der Waals surface area contributed by atoms with Crippen molar-refractivity contribution in [3.05, 3.63) is 87.5 Å². The Hall–Kier alpha value is -3.42. The van der Waals surface area contributed by atoms with Crippen molar-refractivity contribution in [2.24, 2.45) is 0 Å². The van der Waals surface area contributed by atoms with Crippen LogP contribution in [0, 0.1) is 13.8 Å². The Kier molecular flexibility index (Phi) is 4.49. The molecule has 0 radical (unpaired) electrons. The third-order valence-electron chi connectivity index (χ3n) is 4.80. The van der Waals surface area contributed by atoms with Crippen LogP contribution in [0.1, 0.15) is 22.4 Å². The minimum atomic E-state index is -4.45. The number of nitrogens with zero attached hydrogens (tertiary/aromatic N) is 4. The molecule has 0 spiro atoms. The van der Waals surface area contributed by atoms with E-state index in [1.807, 2.05) is 31.2 Å². The molecule has 8 heteroatoms. The second-order valence-corrected chi connectivity index (χ2v) is 6.85. The van der Waals surface area contributed by atoms with Crippen molar-refractivity contribution < 1.29 is 13.2 Å². The molecular weight excluding hydrogens is 381 g/mol. The summed E-state index contributed by atoms with van der Waals surface area (Å²) in [6.07, 6.45) is -2.86. The number of alkyl halides is 3. The molecule has 2 heterocycles. The van der Waals surface area contributed by atoms with Crippen LogP contribution in [0.4, 0.5) is 13.2 Å². The fourth-order valence-electron chi connectivity index (χ4n) is 3.33. The van der Waals surface area contributed by atoms with E-state index in [0.717, 1.165) is 23.4 Å². The number of hydrogen-bond acceptors (Lipinski definition) is 3. The predicted octanol–water partition coefficient (Wildman–Crippen LogP) is 4.27. The van der Waals surface area contributed by atoms with Gasteiger partial charge in [-0.3, -0.25) is 4.79 Å². The molecule has 0 bridgehead atoms. The zero-order valence-electron chi connectivity index (χ0n) is 15.7. The summed E-state index contributed by atoms with van der Waals surface area (Å²) in [5.41, 5.74) is 1.79. The van der Waals surface area contributed by atoms with Crippen molar-refractivity contribution in [3.8, 4) is 5.69 Å². The molecule has 0 saturated carbocycles. The first kappa shape index (κ1) is 18.9. The second-order valence-electron chi connectivity index (χ2n) is 6.85. The first-order valence-corrected chi connectivity index (χ1v) is 8.93. The van der Waals surface area contributed by atoms with Gasteiger partial charge in [-0.25, -0.2) is 9.36 Å². The van der Waals surface area contributed by atoms with E-state index in [1.54, 1.807) is 23.9 Å². The molecule has 0 aliphatic carbocycles. The second kappa shape index (κ2) is 6.88. The lowest BCUT2D eigenvalue weighted by atomic mass is 10.1. The van der Waals surface area contributed by atoms with Gasteiger partial charge in [0.25, 0.3) is 5.56 Å². The molecule has 29 heavy (non-hydrogen) atoms. The van der Waals surface area contributed by atoms with Crippen LogP contribution >= 0.6 is 0 Å². The van der Waals surface area contributed by atoms with Gasteiger partial charge in [0.15, 0.2) is 0 Å². The van der Waals surface area contributed by atoms with Crippen LogP contribution in [0.5, 0.6) is 0 Å². The largest absolute Gasteiger partial charge is 0.416 e. The molecule has 148 valence electrons. The molecule has 5 nitrogen and oxygen atoms in total. The fourth-order valence-corrected chi connectivity index (χ4v) is 3.33. The Morgan fingerprint density at radius 3 is 2.52 bits per heavy atom. The summed E-state index contributed by atoms with van der Waals surface area (Å²) in [5, 5.41) is 9.25. The minimum absolute atomic E-state index is 0.0709. The van der Waals surface area contributed by atoms with Crippen LogP contribution in [0.15, 0.2) is 59.5 Å². The van der Waals surface area contributed by atoms with Gasteiger partial charge >= 0.3 is 6.18 Å². The van der Waals surface area contributed by atoms with Gasteiger partial charge in [-0.05, 0) is 43.2 Å². The van der Waals surface area contributed by atoms with Crippen molar-refractivity contribution in [2.45, 2.75) is 26.6 Å².